The van der Waals surface area contributed by atoms with Crippen LogP contribution in [0.2, 0.25) is 0 Å². The van der Waals surface area contributed by atoms with Crippen molar-refractivity contribution in [3.05, 3.63) is 71.5 Å². The van der Waals surface area contributed by atoms with Gasteiger partial charge in [0.15, 0.2) is 5.96 Å². The van der Waals surface area contributed by atoms with Crippen LogP contribution in [0.5, 0.6) is 0 Å². The van der Waals surface area contributed by atoms with E-state index in [4.69, 9.17) is 0 Å². The Bertz CT molecular complexity index is 710. The number of rotatable bonds is 7. The van der Waals surface area contributed by atoms with Crippen molar-refractivity contribution in [3.63, 3.8) is 0 Å². The monoisotopic (exact) mass is 470 g/mol. The summed E-state index contributed by atoms with van der Waals surface area (Å²) in [5.74, 6) is 0.104. The van der Waals surface area contributed by atoms with Crippen LogP contribution in [-0.2, 0) is 17.8 Å². The summed E-state index contributed by atoms with van der Waals surface area (Å²) in [6.45, 7) is 1.13. The summed E-state index contributed by atoms with van der Waals surface area (Å²) in [5, 5.41) is 8.84. The van der Waals surface area contributed by atoms with Gasteiger partial charge in [0.2, 0.25) is 5.91 Å². The van der Waals surface area contributed by atoms with Gasteiger partial charge >= 0.3 is 0 Å². The van der Waals surface area contributed by atoms with E-state index in [1.54, 1.807) is 13.1 Å². The molecule has 0 aliphatic heterocycles. The number of aliphatic imine (C=N–C) groups is 1. The summed E-state index contributed by atoms with van der Waals surface area (Å²) in [5.41, 5.74) is 1.98. The fourth-order valence-corrected chi connectivity index (χ4v) is 2.27. The first-order valence-electron chi connectivity index (χ1n) is 8.17. The van der Waals surface area contributed by atoms with E-state index >= 15 is 0 Å². The molecule has 3 N–H and O–H groups in total. The first-order valence-corrected chi connectivity index (χ1v) is 8.17. The fourth-order valence-electron chi connectivity index (χ4n) is 2.27. The van der Waals surface area contributed by atoms with Gasteiger partial charge in [-0.15, -0.1) is 24.0 Å². The van der Waals surface area contributed by atoms with E-state index in [1.807, 2.05) is 36.4 Å². The van der Waals surface area contributed by atoms with Crippen molar-refractivity contribution in [2.45, 2.75) is 13.0 Å². The Hall–Kier alpha value is -2.16. The van der Waals surface area contributed by atoms with Crippen LogP contribution >= 0.6 is 24.0 Å². The lowest BCUT2D eigenvalue weighted by Crippen LogP contribution is -2.43. The highest BCUT2D eigenvalue weighted by atomic mass is 127. The standard InChI is InChI=1S/C19H23FN4O.HI/c1-21-19(23-13-16-8-5-9-17(20)12-16)24-14-18(25)22-11-10-15-6-3-2-4-7-15;/h2-9,12H,10-11,13-14H2,1H3,(H,22,25)(H2,21,23,24);1H. The zero-order valence-electron chi connectivity index (χ0n) is 14.7. The molecule has 0 spiro atoms. The maximum atomic E-state index is 13.1. The normalized spacial score (nSPS) is 10.6. The Morgan fingerprint density at radius 3 is 2.42 bits per heavy atom. The molecule has 5 nitrogen and oxygen atoms in total. The van der Waals surface area contributed by atoms with Crippen molar-refractivity contribution in [1.82, 2.24) is 16.0 Å². The molecule has 0 saturated heterocycles. The lowest BCUT2D eigenvalue weighted by atomic mass is 10.1. The van der Waals surface area contributed by atoms with Gasteiger partial charge in [-0.05, 0) is 29.7 Å². The molecule has 0 aromatic heterocycles. The molecular formula is C19H24FIN4O. The van der Waals surface area contributed by atoms with E-state index in [1.165, 1.54) is 17.7 Å². The lowest BCUT2D eigenvalue weighted by Gasteiger charge is -2.12. The number of carbonyl (C=O) groups is 1. The van der Waals surface area contributed by atoms with E-state index in [9.17, 15) is 9.18 Å². The number of nitrogens with one attached hydrogen (secondary N) is 3. The lowest BCUT2D eigenvalue weighted by molar-refractivity contribution is -0.119. The van der Waals surface area contributed by atoms with Crippen molar-refractivity contribution in [2.75, 3.05) is 20.1 Å². The minimum atomic E-state index is -0.278. The van der Waals surface area contributed by atoms with Crippen LogP contribution in [0.1, 0.15) is 11.1 Å². The number of carbonyl (C=O) groups excluding carboxylic acids is 1. The van der Waals surface area contributed by atoms with Crippen molar-refractivity contribution >= 4 is 35.8 Å². The minimum Gasteiger partial charge on any atom is -0.354 e. The molecule has 2 rings (SSSR count). The molecule has 0 aliphatic carbocycles. The highest BCUT2D eigenvalue weighted by Crippen LogP contribution is 2.02. The SMILES string of the molecule is CN=C(NCC(=O)NCCc1ccccc1)NCc1cccc(F)c1.I. The van der Waals surface area contributed by atoms with Crippen molar-refractivity contribution in [1.29, 1.82) is 0 Å². The van der Waals surface area contributed by atoms with Crippen LogP contribution in [0, 0.1) is 5.82 Å². The summed E-state index contributed by atoms with van der Waals surface area (Å²) in [4.78, 5) is 15.9. The first-order chi connectivity index (χ1) is 12.2. The second-order valence-corrected chi connectivity index (χ2v) is 5.49. The van der Waals surface area contributed by atoms with Crippen LogP contribution in [0.15, 0.2) is 59.6 Å². The quantitative estimate of drug-likeness (QED) is 0.331. The van der Waals surface area contributed by atoms with Crippen LogP contribution < -0.4 is 16.0 Å². The van der Waals surface area contributed by atoms with Crippen molar-refractivity contribution in [2.24, 2.45) is 4.99 Å². The molecule has 0 heterocycles. The van der Waals surface area contributed by atoms with Crippen molar-refractivity contribution < 1.29 is 9.18 Å². The zero-order chi connectivity index (χ0) is 17.9. The van der Waals surface area contributed by atoms with Gasteiger partial charge in [0.1, 0.15) is 5.82 Å². The maximum Gasteiger partial charge on any atom is 0.239 e. The van der Waals surface area contributed by atoms with E-state index in [-0.39, 0.29) is 42.2 Å². The molecule has 0 fully saturated rings. The molecule has 26 heavy (non-hydrogen) atoms. The molecule has 2 aromatic rings. The number of halogens is 2. The number of hydrogen-bond acceptors (Lipinski definition) is 2. The second-order valence-electron chi connectivity index (χ2n) is 5.49. The van der Waals surface area contributed by atoms with Crippen LogP contribution in [0.25, 0.3) is 0 Å². The van der Waals surface area contributed by atoms with Crippen LogP contribution in [0.4, 0.5) is 4.39 Å². The first kappa shape index (κ1) is 21.9. The van der Waals surface area contributed by atoms with E-state index < -0.39 is 0 Å². The maximum absolute atomic E-state index is 13.1. The predicted molar refractivity (Wildman–Crippen MR) is 113 cm³/mol. The Kier molecular flexibility index (Phi) is 10.3. The fraction of sp³-hybridized carbons (Fsp3) is 0.263. The minimum absolute atomic E-state index is 0. The molecule has 1 amide bonds. The number of hydrogen-bond donors (Lipinski definition) is 3. The van der Waals surface area contributed by atoms with Gasteiger partial charge in [-0.3, -0.25) is 9.79 Å². The van der Waals surface area contributed by atoms with Gasteiger partial charge in [0, 0.05) is 20.1 Å². The van der Waals surface area contributed by atoms with Crippen LogP contribution in [0.3, 0.4) is 0 Å². The van der Waals surface area contributed by atoms with Gasteiger partial charge < -0.3 is 16.0 Å². The Labute approximate surface area is 170 Å². The summed E-state index contributed by atoms with van der Waals surface area (Å²) in [7, 11) is 1.62. The third-order valence-electron chi connectivity index (χ3n) is 3.57. The topological polar surface area (TPSA) is 65.5 Å². The van der Waals surface area contributed by atoms with E-state index in [0.29, 0.717) is 19.0 Å². The van der Waals surface area contributed by atoms with Crippen LogP contribution in [-0.4, -0.2) is 32.0 Å². The Morgan fingerprint density at radius 2 is 1.73 bits per heavy atom. The van der Waals surface area contributed by atoms with Gasteiger partial charge in [0.25, 0.3) is 0 Å². The molecule has 7 heteroatoms. The average molecular weight is 470 g/mol. The molecule has 0 unspecified atom stereocenters. The zero-order valence-corrected chi connectivity index (χ0v) is 17.0. The largest absolute Gasteiger partial charge is 0.354 e. The second kappa shape index (κ2) is 12.2. The molecule has 0 bridgehead atoms. The molecule has 0 atom stereocenters. The third kappa shape index (κ3) is 8.28. The Morgan fingerprint density at radius 1 is 1.00 bits per heavy atom. The van der Waals surface area contributed by atoms with E-state index in [2.05, 4.69) is 20.9 Å². The summed E-state index contributed by atoms with van der Waals surface area (Å²) in [6.07, 6.45) is 0.791. The van der Waals surface area contributed by atoms with Crippen molar-refractivity contribution in [3.8, 4) is 0 Å². The van der Waals surface area contributed by atoms with Gasteiger partial charge in [0.05, 0.1) is 6.54 Å². The Balaban J connectivity index is 0.00000338. The summed E-state index contributed by atoms with van der Waals surface area (Å²) < 4.78 is 13.1. The van der Waals surface area contributed by atoms with E-state index in [0.717, 1.165) is 12.0 Å². The molecule has 2 aromatic carbocycles. The van der Waals surface area contributed by atoms with Gasteiger partial charge in [-0.1, -0.05) is 42.5 Å². The average Bonchev–Trinajstić information content (AvgIpc) is 2.63. The summed E-state index contributed by atoms with van der Waals surface area (Å²) in [6, 6.07) is 16.3. The number of guanidine groups is 1. The molecule has 0 radical (unpaired) electrons. The predicted octanol–water partition coefficient (Wildman–Crippen LogP) is 2.47. The molecule has 0 aliphatic rings. The molecule has 140 valence electrons. The molecule has 0 saturated carbocycles. The van der Waals surface area contributed by atoms with Gasteiger partial charge in [-0.2, -0.15) is 0 Å². The summed E-state index contributed by atoms with van der Waals surface area (Å²) >= 11 is 0. The molecular weight excluding hydrogens is 446 g/mol. The number of amides is 1. The third-order valence-corrected chi connectivity index (χ3v) is 3.57. The highest BCUT2D eigenvalue weighted by Gasteiger charge is 2.04. The number of benzene rings is 2. The number of nitrogens with zero attached hydrogens (tertiary/aromatic N) is 1. The highest BCUT2D eigenvalue weighted by molar-refractivity contribution is 14.0. The smallest absolute Gasteiger partial charge is 0.239 e. The van der Waals surface area contributed by atoms with Gasteiger partial charge in [-0.25, -0.2) is 4.39 Å².